The molecule has 2 rings (SSSR count). The number of rotatable bonds is 5. The van der Waals surface area contributed by atoms with E-state index in [1.165, 1.54) is 18.3 Å². The van der Waals surface area contributed by atoms with E-state index in [0.29, 0.717) is 5.01 Å². The highest BCUT2D eigenvalue weighted by Crippen LogP contribution is 2.18. The number of sulfonamides is 1. The zero-order chi connectivity index (χ0) is 14.9. The summed E-state index contributed by atoms with van der Waals surface area (Å²) in [5.41, 5.74) is 0.449. The van der Waals surface area contributed by atoms with E-state index < -0.39 is 21.7 Å². The van der Waals surface area contributed by atoms with Gasteiger partial charge in [-0.15, -0.1) is 11.3 Å². The van der Waals surface area contributed by atoms with Gasteiger partial charge in [-0.05, 0) is 13.8 Å². The normalized spacial score (nSPS) is 11.7. The lowest BCUT2D eigenvalue weighted by Gasteiger charge is -2.05. The van der Waals surface area contributed by atoms with Crippen LogP contribution in [0.15, 0.2) is 10.3 Å². The third-order valence-electron chi connectivity index (χ3n) is 2.44. The Kier molecular flexibility index (Phi) is 3.88. The Labute approximate surface area is 118 Å². The molecule has 0 unspecified atom stereocenters. The van der Waals surface area contributed by atoms with Crippen LogP contribution in [0.25, 0.3) is 0 Å². The molecule has 0 radical (unpaired) electrons. The SMILES string of the molecule is Cc1csc(CNS(=O)(=O)c2c(C(=O)O)n[nH]c2C)n1. The van der Waals surface area contributed by atoms with Gasteiger partial charge in [0, 0.05) is 11.1 Å². The molecule has 10 heteroatoms. The number of aromatic amines is 1. The van der Waals surface area contributed by atoms with Crippen LogP contribution in [0, 0.1) is 13.8 Å². The highest BCUT2D eigenvalue weighted by Gasteiger charge is 2.28. The zero-order valence-electron chi connectivity index (χ0n) is 10.7. The first-order valence-corrected chi connectivity index (χ1v) is 7.86. The average Bonchev–Trinajstić information content (AvgIpc) is 2.93. The number of hydrogen-bond donors (Lipinski definition) is 3. The van der Waals surface area contributed by atoms with Crippen molar-refractivity contribution in [3.63, 3.8) is 0 Å². The number of hydrogen-bond acceptors (Lipinski definition) is 6. The van der Waals surface area contributed by atoms with E-state index >= 15 is 0 Å². The number of carboxylic acid groups (broad SMARTS) is 1. The monoisotopic (exact) mass is 316 g/mol. The standard InChI is InChI=1S/C10H12N4O4S2/c1-5-4-19-7(12-5)3-11-20(17,18)9-6(2)13-14-8(9)10(15)16/h4,11H,3H2,1-2H3,(H,13,14)(H,15,16). The van der Waals surface area contributed by atoms with Crippen molar-refractivity contribution < 1.29 is 18.3 Å². The van der Waals surface area contributed by atoms with Crippen LogP contribution in [0.5, 0.6) is 0 Å². The Bertz CT molecular complexity index is 747. The number of H-pyrrole nitrogens is 1. The van der Waals surface area contributed by atoms with Gasteiger partial charge in [-0.25, -0.2) is 22.9 Å². The lowest BCUT2D eigenvalue weighted by molar-refractivity contribution is 0.0686. The molecule has 8 nitrogen and oxygen atoms in total. The highest BCUT2D eigenvalue weighted by molar-refractivity contribution is 7.89. The molecule has 2 aromatic heterocycles. The van der Waals surface area contributed by atoms with Gasteiger partial charge >= 0.3 is 5.97 Å². The predicted octanol–water partition coefficient (Wildman–Crippen LogP) is 0.660. The number of thiazole rings is 1. The minimum atomic E-state index is -3.97. The number of aromatic carboxylic acids is 1. The molecule has 0 aliphatic carbocycles. The summed E-state index contributed by atoms with van der Waals surface area (Å²) in [5.74, 6) is -1.40. The van der Waals surface area contributed by atoms with E-state index in [1.807, 2.05) is 0 Å². The van der Waals surface area contributed by atoms with Gasteiger partial charge in [-0.2, -0.15) is 5.10 Å². The second-order valence-corrected chi connectivity index (χ2v) is 6.69. The van der Waals surface area contributed by atoms with Crippen molar-refractivity contribution in [3.05, 3.63) is 27.5 Å². The molecule has 0 amide bonds. The lowest BCUT2D eigenvalue weighted by atomic mass is 10.4. The molecule has 3 N–H and O–H groups in total. The number of aryl methyl sites for hydroxylation is 2. The molecule has 0 aliphatic heterocycles. The molecule has 108 valence electrons. The van der Waals surface area contributed by atoms with Crippen LogP contribution in [0.1, 0.15) is 26.9 Å². The molecule has 2 heterocycles. The summed E-state index contributed by atoms with van der Waals surface area (Å²) in [4.78, 5) is 14.8. The van der Waals surface area contributed by atoms with Gasteiger partial charge < -0.3 is 5.11 Å². The van der Waals surface area contributed by atoms with E-state index in [0.717, 1.165) is 5.69 Å². The van der Waals surface area contributed by atoms with Gasteiger partial charge in [0.05, 0.1) is 12.2 Å². The molecule has 20 heavy (non-hydrogen) atoms. The lowest BCUT2D eigenvalue weighted by Crippen LogP contribution is -2.25. The number of carboxylic acids is 1. The second-order valence-electron chi connectivity index (χ2n) is 4.04. The zero-order valence-corrected chi connectivity index (χ0v) is 12.3. The van der Waals surface area contributed by atoms with Crippen LogP contribution in [0.3, 0.4) is 0 Å². The summed E-state index contributed by atoms with van der Waals surface area (Å²) in [6.07, 6.45) is 0. The molecule has 0 fully saturated rings. The molecule has 0 saturated heterocycles. The summed E-state index contributed by atoms with van der Waals surface area (Å²) in [6.45, 7) is 3.25. The van der Waals surface area contributed by atoms with Crippen LogP contribution < -0.4 is 4.72 Å². The highest BCUT2D eigenvalue weighted by atomic mass is 32.2. The van der Waals surface area contributed by atoms with E-state index in [4.69, 9.17) is 5.11 Å². The Morgan fingerprint density at radius 1 is 1.50 bits per heavy atom. The van der Waals surface area contributed by atoms with E-state index in [1.54, 1.807) is 12.3 Å². The van der Waals surface area contributed by atoms with E-state index in [9.17, 15) is 13.2 Å². The summed E-state index contributed by atoms with van der Waals surface area (Å²) in [5, 5.41) is 17.2. The fourth-order valence-electron chi connectivity index (χ4n) is 1.61. The van der Waals surface area contributed by atoms with Crippen molar-refractivity contribution in [2.45, 2.75) is 25.3 Å². The van der Waals surface area contributed by atoms with Crippen molar-refractivity contribution in [3.8, 4) is 0 Å². The van der Waals surface area contributed by atoms with E-state index in [2.05, 4.69) is 19.9 Å². The molecule has 0 aromatic carbocycles. The summed E-state index contributed by atoms with van der Waals surface area (Å²) >= 11 is 1.32. The largest absolute Gasteiger partial charge is 0.476 e. The molecule has 2 aromatic rings. The maximum Gasteiger partial charge on any atom is 0.357 e. The van der Waals surface area contributed by atoms with Crippen molar-refractivity contribution in [2.75, 3.05) is 0 Å². The third-order valence-corrected chi connectivity index (χ3v) is 4.97. The van der Waals surface area contributed by atoms with Gasteiger partial charge in [0.15, 0.2) is 5.69 Å². The molecule has 0 aliphatic rings. The predicted molar refractivity (Wildman–Crippen MR) is 71.2 cm³/mol. The summed E-state index contributed by atoms with van der Waals surface area (Å²) < 4.78 is 26.6. The maximum atomic E-state index is 12.2. The van der Waals surface area contributed by atoms with Gasteiger partial charge in [-0.3, -0.25) is 5.10 Å². The van der Waals surface area contributed by atoms with Crippen LogP contribution >= 0.6 is 11.3 Å². The van der Waals surface area contributed by atoms with Crippen molar-refractivity contribution >= 4 is 27.3 Å². The molecular weight excluding hydrogens is 304 g/mol. The molecule has 0 bridgehead atoms. The van der Waals surface area contributed by atoms with Gasteiger partial charge in [0.2, 0.25) is 10.0 Å². The quantitative estimate of drug-likeness (QED) is 0.744. The number of nitrogens with zero attached hydrogens (tertiary/aromatic N) is 2. The van der Waals surface area contributed by atoms with Crippen molar-refractivity contribution in [1.82, 2.24) is 19.9 Å². The maximum absolute atomic E-state index is 12.2. The molecule has 0 spiro atoms. The fraction of sp³-hybridized carbons (Fsp3) is 0.300. The van der Waals surface area contributed by atoms with Gasteiger partial charge in [0.1, 0.15) is 9.90 Å². The van der Waals surface area contributed by atoms with E-state index in [-0.39, 0.29) is 17.1 Å². The summed E-state index contributed by atoms with van der Waals surface area (Å²) in [6, 6.07) is 0. The van der Waals surface area contributed by atoms with Crippen LogP contribution in [-0.4, -0.2) is 34.7 Å². The molecule has 0 atom stereocenters. The molecular formula is C10H12N4O4S2. The second kappa shape index (κ2) is 5.31. The Morgan fingerprint density at radius 2 is 2.20 bits per heavy atom. The Balaban J connectivity index is 2.27. The minimum absolute atomic E-state index is 0.00448. The molecule has 0 saturated carbocycles. The van der Waals surface area contributed by atoms with Crippen LogP contribution in [-0.2, 0) is 16.6 Å². The van der Waals surface area contributed by atoms with Crippen molar-refractivity contribution in [1.29, 1.82) is 0 Å². The summed E-state index contributed by atoms with van der Waals surface area (Å²) in [7, 11) is -3.97. The smallest absolute Gasteiger partial charge is 0.357 e. The van der Waals surface area contributed by atoms with Crippen LogP contribution in [0.2, 0.25) is 0 Å². The van der Waals surface area contributed by atoms with Gasteiger partial charge in [-0.1, -0.05) is 0 Å². The average molecular weight is 316 g/mol. The number of nitrogens with one attached hydrogen (secondary N) is 2. The first-order valence-electron chi connectivity index (χ1n) is 5.50. The Morgan fingerprint density at radius 3 is 2.75 bits per heavy atom. The first kappa shape index (κ1) is 14.6. The fourth-order valence-corrected chi connectivity index (χ4v) is 3.72. The minimum Gasteiger partial charge on any atom is -0.476 e. The topological polar surface area (TPSA) is 125 Å². The van der Waals surface area contributed by atoms with Crippen molar-refractivity contribution in [2.24, 2.45) is 0 Å². The first-order chi connectivity index (χ1) is 9.31. The Hall–Kier alpha value is -1.78. The van der Waals surface area contributed by atoms with Crippen LogP contribution in [0.4, 0.5) is 0 Å². The number of carbonyl (C=O) groups is 1. The number of aromatic nitrogens is 3. The third kappa shape index (κ3) is 2.86. The van der Waals surface area contributed by atoms with Gasteiger partial charge in [0.25, 0.3) is 0 Å².